The molecule has 4 rings (SSSR count). The van der Waals surface area contributed by atoms with Crippen LogP contribution in [0, 0.1) is 5.82 Å². The molecule has 1 unspecified atom stereocenters. The molecule has 0 N–H and O–H groups in total. The van der Waals surface area contributed by atoms with Crippen LogP contribution in [-0.2, 0) is 6.61 Å². The van der Waals surface area contributed by atoms with Crippen LogP contribution in [0.15, 0.2) is 66.7 Å². The van der Waals surface area contributed by atoms with E-state index in [1.165, 1.54) is 11.0 Å². The molecule has 0 bridgehead atoms. The third-order valence-corrected chi connectivity index (χ3v) is 6.68. The summed E-state index contributed by atoms with van der Waals surface area (Å²) in [6.07, 6.45) is 1.00. The van der Waals surface area contributed by atoms with Gasteiger partial charge in [0, 0.05) is 48.0 Å². The second-order valence-corrected chi connectivity index (χ2v) is 9.16. The number of carbonyl (C=O) groups excluding carboxylic acids is 1. The lowest BCUT2D eigenvalue weighted by Crippen LogP contribution is -2.31. The molecule has 0 spiro atoms. The zero-order valence-electron chi connectivity index (χ0n) is 19.7. The normalized spacial score (nSPS) is 15.6. The van der Waals surface area contributed by atoms with Crippen LogP contribution in [0.5, 0.6) is 5.75 Å². The minimum absolute atomic E-state index is 0.223. The molecule has 178 valence electrons. The van der Waals surface area contributed by atoms with Crippen molar-refractivity contribution in [2.24, 2.45) is 0 Å². The summed E-state index contributed by atoms with van der Waals surface area (Å²) >= 11 is 6.17. The Morgan fingerprint density at radius 1 is 1.09 bits per heavy atom. The van der Waals surface area contributed by atoms with E-state index in [-0.39, 0.29) is 11.7 Å². The predicted octanol–water partition coefficient (Wildman–Crippen LogP) is 5.48. The molecule has 1 fully saturated rings. The van der Waals surface area contributed by atoms with Crippen molar-refractivity contribution in [3.63, 3.8) is 0 Å². The molecule has 7 heteroatoms. The van der Waals surface area contributed by atoms with Gasteiger partial charge in [-0.25, -0.2) is 4.39 Å². The average molecular weight is 482 g/mol. The molecule has 1 aliphatic heterocycles. The molecule has 0 aromatic heterocycles. The van der Waals surface area contributed by atoms with Gasteiger partial charge in [0.1, 0.15) is 18.2 Å². The van der Waals surface area contributed by atoms with Gasteiger partial charge in [-0.2, -0.15) is 0 Å². The largest absolute Gasteiger partial charge is 0.489 e. The maximum Gasteiger partial charge on any atom is 0.258 e. The Labute approximate surface area is 205 Å². The van der Waals surface area contributed by atoms with Crippen molar-refractivity contribution in [1.82, 2.24) is 4.90 Å². The van der Waals surface area contributed by atoms with Crippen molar-refractivity contribution >= 4 is 28.9 Å². The van der Waals surface area contributed by atoms with Crippen molar-refractivity contribution < 1.29 is 13.9 Å². The van der Waals surface area contributed by atoms with E-state index < -0.39 is 0 Å². The third kappa shape index (κ3) is 5.34. The highest BCUT2D eigenvalue weighted by atomic mass is 35.5. The molecule has 1 heterocycles. The van der Waals surface area contributed by atoms with Gasteiger partial charge in [0.15, 0.2) is 0 Å². The third-order valence-electron chi connectivity index (χ3n) is 6.31. The van der Waals surface area contributed by atoms with Crippen molar-refractivity contribution in [3.8, 4) is 5.75 Å². The first-order valence-corrected chi connectivity index (χ1v) is 11.7. The van der Waals surface area contributed by atoms with Crippen LogP contribution in [0.25, 0.3) is 0 Å². The van der Waals surface area contributed by atoms with Crippen LogP contribution in [-0.4, -0.2) is 51.1 Å². The first kappa shape index (κ1) is 24.0. The van der Waals surface area contributed by atoms with Gasteiger partial charge >= 0.3 is 0 Å². The number of halogens is 2. The number of carbonyl (C=O) groups is 1. The Morgan fingerprint density at radius 2 is 1.82 bits per heavy atom. The number of ether oxygens (including phenoxy) is 1. The number of anilines is 2. The van der Waals surface area contributed by atoms with Crippen molar-refractivity contribution in [3.05, 3.63) is 88.7 Å². The highest BCUT2D eigenvalue weighted by Crippen LogP contribution is 2.29. The van der Waals surface area contributed by atoms with Crippen molar-refractivity contribution in [1.29, 1.82) is 0 Å². The Hall–Kier alpha value is -3.09. The maximum absolute atomic E-state index is 14.9. The summed E-state index contributed by atoms with van der Waals surface area (Å²) in [7, 11) is 5.74. The number of hydrogen-bond acceptors (Lipinski definition) is 4. The van der Waals surface area contributed by atoms with Crippen molar-refractivity contribution in [2.75, 3.05) is 44.0 Å². The van der Waals surface area contributed by atoms with Crippen LogP contribution in [0.2, 0.25) is 5.02 Å². The number of nitrogens with zero attached hydrogens (tertiary/aromatic N) is 3. The summed E-state index contributed by atoms with van der Waals surface area (Å²) in [5.41, 5.74) is 2.47. The average Bonchev–Trinajstić information content (AvgIpc) is 3.33. The summed E-state index contributed by atoms with van der Waals surface area (Å²) in [4.78, 5) is 18.7. The zero-order valence-corrected chi connectivity index (χ0v) is 20.4. The molecule has 5 nitrogen and oxygen atoms in total. The Morgan fingerprint density at radius 3 is 2.47 bits per heavy atom. The Bertz CT molecular complexity index is 1150. The highest BCUT2D eigenvalue weighted by Gasteiger charge is 2.26. The molecule has 1 saturated heterocycles. The van der Waals surface area contributed by atoms with Crippen LogP contribution < -0.4 is 14.5 Å². The number of amides is 1. The fourth-order valence-corrected chi connectivity index (χ4v) is 4.31. The zero-order chi connectivity index (χ0) is 24.2. The van der Waals surface area contributed by atoms with E-state index in [1.807, 2.05) is 38.4 Å². The van der Waals surface area contributed by atoms with E-state index in [9.17, 15) is 9.18 Å². The van der Waals surface area contributed by atoms with Gasteiger partial charge in [0.05, 0.1) is 5.69 Å². The van der Waals surface area contributed by atoms with Gasteiger partial charge in [0.2, 0.25) is 0 Å². The summed E-state index contributed by atoms with van der Waals surface area (Å²) in [5, 5.41) is 0.649. The molecule has 0 aliphatic carbocycles. The molecule has 0 saturated carbocycles. The van der Waals surface area contributed by atoms with Gasteiger partial charge < -0.3 is 19.4 Å². The Balaban J connectivity index is 1.40. The van der Waals surface area contributed by atoms with Crippen LogP contribution >= 0.6 is 11.6 Å². The minimum atomic E-state index is -0.320. The van der Waals surface area contributed by atoms with Crippen molar-refractivity contribution in [2.45, 2.75) is 19.1 Å². The SMILES string of the molecule is CN(C(=O)c1ccc(OCc2ccccc2Cl)cc1)c1ccc(N2CCC(N(C)C)C2)c(F)c1. The van der Waals surface area contributed by atoms with E-state index in [2.05, 4.69) is 9.80 Å². The number of rotatable bonds is 7. The number of likely N-dealkylation sites (N-methyl/N-ethyl adjacent to an activating group) is 1. The van der Waals surface area contributed by atoms with Crippen LogP contribution in [0.4, 0.5) is 15.8 Å². The summed E-state index contributed by atoms with van der Waals surface area (Å²) in [5.74, 6) is 0.0923. The standard InChI is InChI=1S/C27H29ClFN3O2/c1-30(2)22-14-15-32(17-22)26-13-10-21(16-25(26)29)31(3)27(33)19-8-11-23(12-9-19)34-18-20-6-4-5-7-24(20)28/h4-13,16,22H,14-15,17-18H2,1-3H3. The van der Waals surface area contributed by atoms with Gasteiger partial charge in [-0.05, 0) is 69.0 Å². The summed E-state index contributed by atoms with van der Waals surface area (Å²) in [6.45, 7) is 1.95. The van der Waals surface area contributed by atoms with Gasteiger partial charge in [0.25, 0.3) is 5.91 Å². The van der Waals surface area contributed by atoms with E-state index in [4.69, 9.17) is 16.3 Å². The topological polar surface area (TPSA) is 36.0 Å². The van der Waals surface area contributed by atoms with Crippen LogP contribution in [0.1, 0.15) is 22.3 Å². The molecule has 3 aromatic rings. The highest BCUT2D eigenvalue weighted by molar-refractivity contribution is 6.31. The number of hydrogen-bond donors (Lipinski definition) is 0. The maximum atomic E-state index is 14.9. The molecule has 1 aliphatic rings. The minimum Gasteiger partial charge on any atom is -0.489 e. The monoisotopic (exact) mass is 481 g/mol. The molecule has 1 amide bonds. The quantitative estimate of drug-likeness (QED) is 0.448. The van der Waals surface area contributed by atoms with Crippen LogP contribution in [0.3, 0.4) is 0 Å². The molecular formula is C27H29ClFN3O2. The fraction of sp³-hybridized carbons (Fsp3) is 0.296. The predicted molar refractivity (Wildman–Crippen MR) is 136 cm³/mol. The first-order chi connectivity index (χ1) is 16.3. The molecular weight excluding hydrogens is 453 g/mol. The van der Waals surface area contributed by atoms with E-state index in [0.717, 1.165) is 25.1 Å². The van der Waals surface area contributed by atoms with E-state index in [1.54, 1.807) is 43.4 Å². The smallest absolute Gasteiger partial charge is 0.258 e. The molecule has 0 radical (unpaired) electrons. The lowest BCUT2D eigenvalue weighted by Gasteiger charge is -2.23. The number of benzene rings is 3. The summed E-state index contributed by atoms with van der Waals surface area (Å²) < 4.78 is 20.7. The second-order valence-electron chi connectivity index (χ2n) is 8.76. The summed E-state index contributed by atoms with van der Waals surface area (Å²) in [6, 6.07) is 19.8. The Kier molecular flexibility index (Phi) is 7.39. The van der Waals surface area contributed by atoms with Gasteiger partial charge in [-0.3, -0.25) is 4.79 Å². The lowest BCUT2D eigenvalue weighted by atomic mass is 10.1. The molecule has 1 atom stereocenters. The van der Waals surface area contributed by atoms with E-state index in [0.29, 0.717) is 40.4 Å². The molecule has 3 aromatic carbocycles. The first-order valence-electron chi connectivity index (χ1n) is 11.3. The lowest BCUT2D eigenvalue weighted by molar-refractivity contribution is 0.0993. The second kappa shape index (κ2) is 10.5. The van der Waals surface area contributed by atoms with E-state index >= 15 is 0 Å². The van der Waals surface area contributed by atoms with Gasteiger partial charge in [-0.15, -0.1) is 0 Å². The molecule has 34 heavy (non-hydrogen) atoms. The van der Waals surface area contributed by atoms with Gasteiger partial charge in [-0.1, -0.05) is 29.8 Å². The fourth-order valence-electron chi connectivity index (χ4n) is 4.12.